The molecular formula is C19H17ClN2O2. The highest BCUT2D eigenvalue weighted by atomic mass is 35.5. The molecule has 0 spiro atoms. The van der Waals surface area contributed by atoms with Gasteiger partial charge in [-0.15, -0.1) is 0 Å². The molecule has 3 aromatic rings. The number of rotatable bonds is 4. The number of benzene rings is 2. The number of aromatic nitrogens is 1. The zero-order valence-corrected chi connectivity index (χ0v) is 14.0. The summed E-state index contributed by atoms with van der Waals surface area (Å²) in [6.07, 6.45) is 0.185. The first-order chi connectivity index (χ1) is 11.5. The van der Waals surface area contributed by atoms with Crippen LogP contribution < -0.4 is 10.9 Å². The van der Waals surface area contributed by atoms with Crippen LogP contribution in [0.15, 0.2) is 53.3 Å². The van der Waals surface area contributed by atoms with E-state index in [0.29, 0.717) is 10.6 Å². The Morgan fingerprint density at radius 3 is 2.71 bits per heavy atom. The van der Waals surface area contributed by atoms with Gasteiger partial charge in [-0.2, -0.15) is 0 Å². The molecule has 2 aromatic carbocycles. The van der Waals surface area contributed by atoms with Crippen molar-refractivity contribution in [3.05, 3.63) is 80.6 Å². The molecule has 0 atom stereocenters. The molecule has 0 fully saturated rings. The summed E-state index contributed by atoms with van der Waals surface area (Å²) in [5, 5.41) is 4.29. The molecule has 24 heavy (non-hydrogen) atoms. The number of aryl methyl sites for hydroxylation is 1. The van der Waals surface area contributed by atoms with Crippen molar-refractivity contribution < 1.29 is 4.79 Å². The summed E-state index contributed by atoms with van der Waals surface area (Å²) in [5.41, 5.74) is 3.00. The Bertz CT molecular complexity index is 963. The van der Waals surface area contributed by atoms with Gasteiger partial charge in [-0.05, 0) is 42.1 Å². The van der Waals surface area contributed by atoms with E-state index in [0.717, 1.165) is 22.0 Å². The third kappa shape index (κ3) is 3.66. The molecule has 0 bridgehead atoms. The van der Waals surface area contributed by atoms with Crippen LogP contribution >= 0.6 is 11.6 Å². The number of carbonyl (C=O) groups is 1. The minimum atomic E-state index is -0.190. The van der Waals surface area contributed by atoms with Crippen LogP contribution in [0.4, 0.5) is 0 Å². The van der Waals surface area contributed by atoms with Crippen molar-refractivity contribution in [1.82, 2.24) is 10.3 Å². The van der Waals surface area contributed by atoms with Crippen LogP contribution in [-0.4, -0.2) is 10.9 Å². The van der Waals surface area contributed by atoms with Gasteiger partial charge in [-0.1, -0.05) is 41.4 Å². The van der Waals surface area contributed by atoms with Crippen molar-refractivity contribution in [2.45, 2.75) is 19.9 Å². The van der Waals surface area contributed by atoms with E-state index in [1.165, 1.54) is 0 Å². The normalized spacial score (nSPS) is 10.8. The van der Waals surface area contributed by atoms with E-state index in [1.54, 1.807) is 6.07 Å². The van der Waals surface area contributed by atoms with Crippen LogP contribution in [0.25, 0.3) is 10.9 Å². The number of halogens is 1. The van der Waals surface area contributed by atoms with Crippen molar-refractivity contribution in [2.75, 3.05) is 0 Å². The van der Waals surface area contributed by atoms with Crippen molar-refractivity contribution in [1.29, 1.82) is 0 Å². The Labute approximate surface area is 144 Å². The first-order valence-corrected chi connectivity index (χ1v) is 8.03. The van der Waals surface area contributed by atoms with E-state index < -0.39 is 0 Å². The van der Waals surface area contributed by atoms with Gasteiger partial charge in [0.05, 0.1) is 6.42 Å². The third-order valence-electron chi connectivity index (χ3n) is 3.86. The highest BCUT2D eigenvalue weighted by Crippen LogP contribution is 2.15. The van der Waals surface area contributed by atoms with Crippen LogP contribution in [0.3, 0.4) is 0 Å². The first kappa shape index (κ1) is 16.3. The molecule has 1 aromatic heterocycles. The van der Waals surface area contributed by atoms with Gasteiger partial charge < -0.3 is 10.3 Å². The summed E-state index contributed by atoms with van der Waals surface area (Å²) >= 11 is 6.06. The Morgan fingerprint density at radius 1 is 1.12 bits per heavy atom. The number of pyridine rings is 1. The van der Waals surface area contributed by atoms with Crippen molar-refractivity contribution in [3.8, 4) is 0 Å². The van der Waals surface area contributed by atoms with Gasteiger partial charge >= 0.3 is 0 Å². The predicted molar refractivity (Wildman–Crippen MR) is 96.3 cm³/mol. The quantitative estimate of drug-likeness (QED) is 0.765. The number of amides is 1. The number of aromatic amines is 1. The maximum Gasteiger partial charge on any atom is 0.253 e. The number of H-pyrrole nitrogens is 1. The second-order valence-electron chi connectivity index (χ2n) is 5.76. The third-order valence-corrected chi connectivity index (χ3v) is 4.23. The largest absolute Gasteiger partial charge is 0.352 e. The molecule has 0 saturated heterocycles. The van der Waals surface area contributed by atoms with Crippen LogP contribution in [0.5, 0.6) is 0 Å². The lowest BCUT2D eigenvalue weighted by Gasteiger charge is -2.07. The van der Waals surface area contributed by atoms with E-state index in [1.807, 2.05) is 49.4 Å². The number of carbonyl (C=O) groups excluding carboxylic acids is 1. The standard InChI is InChI=1S/C19H17ClN2O2/c1-12-6-7-17-14(8-12)9-15(19(24)22-17)11-21-18(23)10-13-4-2-3-5-16(13)20/h2-9H,10-11H2,1H3,(H,21,23)(H,22,24). The maximum atomic E-state index is 12.1. The minimum Gasteiger partial charge on any atom is -0.352 e. The van der Waals surface area contributed by atoms with Gasteiger partial charge in [0.15, 0.2) is 0 Å². The lowest BCUT2D eigenvalue weighted by molar-refractivity contribution is -0.120. The fraction of sp³-hybridized carbons (Fsp3) is 0.158. The van der Waals surface area contributed by atoms with Gasteiger partial charge in [-0.25, -0.2) is 0 Å². The summed E-state index contributed by atoms with van der Waals surface area (Å²) in [7, 11) is 0. The van der Waals surface area contributed by atoms with Gasteiger partial charge in [0.2, 0.25) is 5.91 Å². The van der Waals surface area contributed by atoms with E-state index >= 15 is 0 Å². The van der Waals surface area contributed by atoms with Gasteiger partial charge in [0.25, 0.3) is 5.56 Å². The molecule has 0 aliphatic rings. The van der Waals surface area contributed by atoms with Gasteiger partial charge in [0.1, 0.15) is 0 Å². The summed E-state index contributed by atoms with van der Waals surface area (Å²) in [4.78, 5) is 27.0. The highest BCUT2D eigenvalue weighted by molar-refractivity contribution is 6.31. The zero-order valence-electron chi connectivity index (χ0n) is 13.2. The summed E-state index contributed by atoms with van der Waals surface area (Å²) in [6, 6.07) is 14.9. The molecule has 2 N–H and O–H groups in total. The molecule has 0 radical (unpaired) electrons. The molecule has 1 amide bonds. The Hall–Kier alpha value is -2.59. The zero-order chi connectivity index (χ0) is 17.1. The number of fused-ring (bicyclic) bond motifs is 1. The second kappa shape index (κ2) is 6.89. The topological polar surface area (TPSA) is 62.0 Å². The molecule has 0 saturated carbocycles. The van der Waals surface area contributed by atoms with E-state index in [9.17, 15) is 9.59 Å². The number of hydrogen-bond donors (Lipinski definition) is 2. The van der Waals surface area contributed by atoms with Crippen molar-refractivity contribution >= 4 is 28.4 Å². The minimum absolute atomic E-state index is 0.174. The highest BCUT2D eigenvalue weighted by Gasteiger charge is 2.08. The summed E-state index contributed by atoms with van der Waals surface area (Å²) in [5.74, 6) is -0.174. The fourth-order valence-corrected chi connectivity index (χ4v) is 2.78. The van der Waals surface area contributed by atoms with E-state index in [2.05, 4.69) is 10.3 Å². The van der Waals surface area contributed by atoms with Crippen LogP contribution in [-0.2, 0) is 17.8 Å². The molecule has 4 nitrogen and oxygen atoms in total. The molecule has 0 aliphatic heterocycles. The molecular weight excluding hydrogens is 324 g/mol. The van der Waals surface area contributed by atoms with Gasteiger partial charge in [-0.3, -0.25) is 9.59 Å². The molecule has 3 rings (SSSR count). The summed E-state index contributed by atoms with van der Waals surface area (Å²) < 4.78 is 0. The molecule has 122 valence electrons. The molecule has 1 heterocycles. The Kier molecular flexibility index (Phi) is 4.67. The van der Waals surface area contributed by atoms with E-state index in [-0.39, 0.29) is 24.4 Å². The number of nitrogens with one attached hydrogen (secondary N) is 2. The van der Waals surface area contributed by atoms with Crippen LogP contribution in [0.2, 0.25) is 5.02 Å². The summed E-state index contributed by atoms with van der Waals surface area (Å²) in [6.45, 7) is 2.18. The molecule has 5 heteroatoms. The fourth-order valence-electron chi connectivity index (χ4n) is 2.57. The number of hydrogen-bond acceptors (Lipinski definition) is 2. The maximum absolute atomic E-state index is 12.1. The van der Waals surface area contributed by atoms with E-state index in [4.69, 9.17) is 11.6 Å². The lowest BCUT2D eigenvalue weighted by Crippen LogP contribution is -2.28. The monoisotopic (exact) mass is 340 g/mol. The Balaban J connectivity index is 1.73. The van der Waals surface area contributed by atoms with Crippen LogP contribution in [0, 0.1) is 6.92 Å². The molecule has 0 unspecified atom stereocenters. The smallest absolute Gasteiger partial charge is 0.253 e. The molecule has 0 aliphatic carbocycles. The van der Waals surface area contributed by atoms with Crippen LogP contribution in [0.1, 0.15) is 16.7 Å². The van der Waals surface area contributed by atoms with Crippen molar-refractivity contribution in [2.24, 2.45) is 0 Å². The Morgan fingerprint density at radius 2 is 1.92 bits per heavy atom. The lowest BCUT2D eigenvalue weighted by atomic mass is 10.1. The van der Waals surface area contributed by atoms with Gasteiger partial charge in [0, 0.05) is 22.6 Å². The first-order valence-electron chi connectivity index (χ1n) is 7.65. The second-order valence-corrected chi connectivity index (χ2v) is 6.17. The average molecular weight is 341 g/mol. The predicted octanol–water partition coefficient (Wildman–Crippen LogP) is 3.35. The average Bonchev–Trinajstić information content (AvgIpc) is 2.55. The van der Waals surface area contributed by atoms with Crippen molar-refractivity contribution in [3.63, 3.8) is 0 Å². The SMILES string of the molecule is Cc1ccc2[nH]c(=O)c(CNC(=O)Cc3ccccc3Cl)cc2c1.